The van der Waals surface area contributed by atoms with Crippen LogP contribution in [0.1, 0.15) is 36.7 Å². The molecule has 1 aliphatic rings. The number of benzene rings is 2. The lowest BCUT2D eigenvalue weighted by Gasteiger charge is -2.25. The Morgan fingerprint density at radius 3 is 2.34 bits per heavy atom. The van der Waals surface area contributed by atoms with Crippen molar-refractivity contribution in [2.75, 3.05) is 18.0 Å². The topological polar surface area (TPSA) is 66.9 Å². The zero-order valence-electron chi connectivity index (χ0n) is 16.6. The maximum absolute atomic E-state index is 13.0. The van der Waals surface area contributed by atoms with E-state index in [0.717, 1.165) is 5.56 Å². The van der Waals surface area contributed by atoms with Gasteiger partial charge in [-0.25, -0.2) is 0 Å². The lowest BCUT2D eigenvalue weighted by molar-refractivity contribution is -0.153. The second-order valence-electron chi connectivity index (χ2n) is 7.86. The standard InChI is InChI=1S/C22H23ClN2O4/c1-22(2,3)29-20(27)14-25-18-7-5-4-6-16(18)12-24(13-19(25)26)21(28)15-8-10-17(23)11-9-15/h4-11H,12-14H2,1-3H3. The largest absolute Gasteiger partial charge is 0.459 e. The summed E-state index contributed by atoms with van der Waals surface area (Å²) in [5, 5.41) is 0.530. The van der Waals surface area contributed by atoms with Crippen molar-refractivity contribution in [3.8, 4) is 0 Å². The van der Waals surface area contributed by atoms with Gasteiger partial charge in [-0.15, -0.1) is 0 Å². The highest BCUT2D eigenvalue weighted by Crippen LogP contribution is 2.27. The van der Waals surface area contributed by atoms with Gasteiger partial charge in [-0.3, -0.25) is 19.3 Å². The van der Waals surface area contributed by atoms with Gasteiger partial charge in [0.25, 0.3) is 5.91 Å². The molecule has 152 valence electrons. The summed E-state index contributed by atoms with van der Waals surface area (Å²) < 4.78 is 5.37. The number of para-hydroxylation sites is 1. The molecule has 0 aromatic heterocycles. The zero-order chi connectivity index (χ0) is 21.2. The van der Waals surface area contributed by atoms with E-state index in [1.807, 2.05) is 12.1 Å². The van der Waals surface area contributed by atoms with Crippen LogP contribution in [0.2, 0.25) is 5.02 Å². The van der Waals surface area contributed by atoms with Crippen LogP contribution >= 0.6 is 11.6 Å². The first kappa shape index (κ1) is 20.9. The molecule has 0 spiro atoms. The minimum atomic E-state index is -0.651. The summed E-state index contributed by atoms with van der Waals surface area (Å²) >= 11 is 5.90. The third-order valence-corrected chi connectivity index (χ3v) is 4.61. The van der Waals surface area contributed by atoms with Crippen molar-refractivity contribution < 1.29 is 19.1 Å². The van der Waals surface area contributed by atoms with Crippen LogP contribution in [0, 0.1) is 0 Å². The number of anilines is 1. The fraction of sp³-hybridized carbons (Fsp3) is 0.318. The molecule has 0 atom stereocenters. The number of ether oxygens (including phenoxy) is 1. The van der Waals surface area contributed by atoms with Crippen molar-refractivity contribution in [2.24, 2.45) is 0 Å². The molecule has 1 heterocycles. The predicted molar refractivity (Wildman–Crippen MR) is 111 cm³/mol. The monoisotopic (exact) mass is 414 g/mol. The molecule has 0 radical (unpaired) electrons. The molecule has 7 heteroatoms. The van der Waals surface area contributed by atoms with Crippen LogP contribution in [0.15, 0.2) is 48.5 Å². The number of esters is 1. The maximum Gasteiger partial charge on any atom is 0.326 e. The number of fused-ring (bicyclic) bond motifs is 1. The molecule has 2 aromatic rings. The zero-order valence-corrected chi connectivity index (χ0v) is 17.4. The van der Waals surface area contributed by atoms with Crippen LogP contribution in [-0.2, 0) is 20.9 Å². The van der Waals surface area contributed by atoms with E-state index in [2.05, 4.69) is 0 Å². The highest BCUT2D eigenvalue weighted by Gasteiger charge is 2.31. The van der Waals surface area contributed by atoms with E-state index in [0.29, 0.717) is 16.3 Å². The van der Waals surface area contributed by atoms with Gasteiger partial charge in [0.1, 0.15) is 18.7 Å². The average molecular weight is 415 g/mol. The van der Waals surface area contributed by atoms with E-state index < -0.39 is 11.6 Å². The van der Waals surface area contributed by atoms with Crippen LogP contribution in [0.25, 0.3) is 0 Å². The highest BCUT2D eigenvalue weighted by molar-refractivity contribution is 6.30. The average Bonchev–Trinajstić information content (AvgIpc) is 2.77. The molecular formula is C22H23ClN2O4. The molecule has 6 nitrogen and oxygen atoms in total. The molecule has 0 bridgehead atoms. The first-order valence-electron chi connectivity index (χ1n) is 9.29. The smallest absolute Gasteiger partial charge is 0.326 e. The molecule has 0 fully saturated rings. The number of halogens is 1. The maximum atomic E-state index is 13.0. The number of hydrogen-bond acceptors (Lipinski definition) is 4. The van der Waals surface area contributed by atoms with Gasteiger partial charge < -0.3 is 9.64 Å². The third kappa shape index (κ3) is 5.15. The summed E-state index contributed by atoms with van der Waals surface area (Å²) in [5.74, 6) is -1.12. The number of nitrogens with zero attached hydrogens (tertiary/aromatic N) is 2. The predicted octanol–water partition coefficient (Wildman–Crippen LogP) is 3.67. The van der Waals surface area contributed by atoms with Crippen molar-refractivity contribution in [1.82, 2.24) is 4.90 Å². The highest BCUT2D eigenvalue weighted by atomic mass is 35.5. The lowest BCUT2D eigenvalue weighted by Crippen LogP contribution is -2.43. The summed E-state index contributed by atoms with van der Waals surface area (Å²) in [4.78, 5) is 41.2. The Morgan fingerprint density at radius 2 is 1.69 bits per heavy atom. The van der Waals surface area contributed by atoms with Crippen molar-refractivity contribution in [2.45, 2.75) is 32.9 Å². The summed E-state index contributed by atoms with van der Waals surface area (Å²) in [5.41, 5.74) is 1.18. The molecule has 29 heavy (non-hydrogen) atoms. The molecule has 3 rings (SSSR count). The second-order valence-corrected chi connectivity index (χ2v) is 8.30. The van der Waals surface area contributed by atoms with Gasteiger partial charge >= 0.3 is 5.97 Å². The molecule has 2 aromatic carbocycles. The first-order valence-corrected chi connectivity index (χ1v) is 9.67. The number of carbonyl (C=O) groups excluding carboxylic acids is 3. The number of hydrogen-bond donors (Lipinski definition) is 0. The summed E-state index contributed by atoms with van der Waals surface area (Å²) in [6.45, 7) is 5.23. The third-order valence-electron chi connectivity index (χ3n) is 4.36. The van der Waals surface area contributed by atoms with Crippen LogP contribution in [0.5, 0.6) is 0 Å². The van der Waals surface area contributed by atoms with E-state index in [4.69, 9.17) is 16.3 Å². The van der Waals surface area contributed by atoms with E-state index in [9.17, 15) is 14.4 Å². The molecular weight excluding hydrogens is 392 g/mol. The SMILES string of the molecule is CC(C)(C)OC(=O)CN1C(=O)CN(C(=O)c2ccc(Cl)cc2)Cc2ccccc21. The Morgan fingerprint density at radius 1 is 1.03 bits per heavy atom. The molecule has 0 unspecified atom stereocenters. The van der Waals surface area contributed by atoms with Crippen molar-refractivity contribution in [1.29, 1.82) is 0 Å². The van der Waals surface area contributed by atoms with Crippen LogP contribution in [0.4, 0.5) is 5.69 Å². The Labute approximate surface area is 175 Å². The minimum absolute atomic E-state index is 0.140. The Bertz CT molecular complexity index is 935. The van der Waals surface area contributed by atoms with Gasteiger partial charge in [0.05, 0.1) is 0 Å². The number of amides is 2. The van der Waals surface area contributed by atoms with E-state index >= 15 is 0 Å². The quantitative estimate of drug-likeness (QED) is 0.719. The molecule has 2 amide bonds. The van der Waals surface area contributed by atoms with E-state index in [1.54, 1.807) is 57.2 Å². The molecule has 1 aliphatic heterocycles. The van der Waals surface area contributed by atoms with Gasteiger partial charge in [0.15, 0.2) is 0 Å². The van der Waals surface area contributed by atoms with E-state index in [-0.39, 0.29) is 31.4 Å². The Kier molecular flexibility index (Phi) is 5.94. The summed E-state index contributed by atoms with van der Waals surface area (Å²) in [7, 11) is 0. The second kappa shape index (κ2) is 8.25. The molecule has 0 aliphatic carbocycles. The number of carbonyl (C=O) groups is 3. The molecule has 0 saturated carbocycles. The van der Waals surface area contributed by atoms with Gasteiger partial charge in [0, 0.05) is 22.8 Å². The van der Waals surface area contributed by atoms with E-state index in [1.165, 1.54) is 9.80 Å². The van der Waals surface area contributed by atoms with Gasteiger partial charge in [-0.2, -0.15) is 0 Å². The summed E-state index contributed by atoms with van der Waals surface area (Å²) in [6.07, 6.45) is 0. The molecule has 0 saturated heterocycles. The van der Waals surface area contributed by atoms with Crippen molar-refractivity contribution >= 4 is 35.1 Å². The molecule has 0 N–H and O–H groups in total. The van der Waals surface area contributed by atoms with Crippen LogP contribution in [-0.4, -0.2) is 41.4 Å². The first-order chi connectivity index (χ1) is 13.6. The fourth-order valence-electron chi connectivity index (χ4n) is 3.15. The van der Waals surface area contributed by atoms with Crippen molar-refractivity contribution in [3.05, 3.63) is 64.7 Å². The number of rotatable bonds is 3. The Hall–Kier alpha value is -2.86. The Balaban J connectivity index is 1.88. The fourth-order valence-corrected chi connectivity index (χ4v) is 3.27. The van der Waals surface area contributed by atoms with Gasteiger partial charge in [0.2, 0.25) is 5.91 Å². The van der Waals surface area contributed by atoms with Crippen LogP contribution < -0.4 is 4.90 Å². The summed E-state index contributed by atoms with van der Waals surface area (Å²) in [6, 6.07) is 13.8. The lowest BCUT2D eigenvalue weighted by atomic mass is 10.1. The van der Waals surface area contributed by atoms with Gasteiger partial charge in [-0.05, 0) is 56.7 Å². The van der Waals surface area contributed by atoms with Crippen LogP contribution in [0.3, 0.4) is 0 Å². The van der Waals surface area contributed by atoms with Gasteiger partial charge in [-0.1, -0.05) is 29.8 Å². The normalized spacial score (nSPS) is 14.3. The minimum Gasteiger partial charge on any atom is -0.459 e. The van der Waals surface area contributed by atoms with Crippen molar-refractivity contribution in [3.63, 3.8) is 0 Å².